The second-order valence-corrected chi connectivity index (χ2v) is 8.28. The average molecular weight is 271 g/mol. The molecule has 0 N–H and O–H groups in total. The Hall–Kier alpha value is 0.290. The summed E-state index contributed by atoms with van der Waals surface area (Å²) < 4.78 is 3.09. The van der Waals surface area contributed by atoms with Gasteiger partial charge in [0.1, 0.15) is 0 Å². The summed E-state index contributed by atoms with van der Waals surface area (Å²) in [5.41, 5.74) is 1.41. The topological polar surface area (TPSA) is 12.9 Å². The Morgan fingerprint density at radius 3 is 2.73 bits per heavy atom. The molecule has 1 atom stereocenters. The van der Waals surface area contributed by atoms with Crippen molar-refractivity contribution in [3.8, 4) is 0 Å². The van der Waals surface area contributed by atoms with Crippen molar-refractivity contribution >= 4 is 47.0 Å². The van der Waals surface area contributed by atoms with Crippen LogP contribution in [0, 0.1) is 0 Å². The lowest BCUT2D eigenvalue weighted by Gasteiger charge is -2.21. The second kappa shape index (κ2) is 4.65. The number of aromatic nitrogens is 1. The molecule has 5 heteroatoms. The normalized spacial score (nSPS) is 25.5. The molecule has 1 nitrogen and oxygen atoms in total. The van der Waals surface area contributed by atoms with Crippen LogP contribution in [-0.4, -0.2) is 15.8 Å². The van der Waals surface area contributed by atoms with Crippen LogP contribution in [0.1, 0.15) is 10.8 Å². The first-order valence-electron chi connectivity index (χ1n) is 4.63. The molecule has 0 bridgehead atoms. The van der Waals surface area contributed by atoms with Crippen LogP contribution in [-0.2, 0) is 0 Å². The van der Waals surface area contributed by atoms with Crippen LogP contribution in [0.3, 0.4) is 0 Å². The van der Waals surface area contributed by atoms with Crippen LogP contribution in [0.5, 0.6) is 0 Å². The van der Waals surface area contributed by atoms with Crippen molar-refractivity contribution < 1.29 is 0 Å². The van der Waals surface area contributed by atoms with E-state index in [0.29, 0.717) is 5.25 Å². The fraction of sp³-hybridized carbons (Fsp3) is 0.300. The van der Waals surface area contributed by atoms with E-state index in [9.17, 15) is 0 Å². The Labute approximate surface area is 106 Å². The zero-order valence-electron chi connectivity index (χ0n) is 7.88. The van der Waals surface area contributed by atoms with Gasteiger partial charge < -0.3 is 0 Å². The molecule has 0 spiro atoms. The summed E-state index contributed by atoms with van der Waals surface area (Å²) >= 11 is 8.04. The minimum atomic E-state index is 0.614. The van der Waals surface area contributed by atoms with Crippen molar-refractivity contribution in [2.75, 3.05) is 10.8 Å². The first-order valence-corrected chi connectivity index (χ1v) is 8.46. The summed E-state index contributed by atoms with van der Waals surface area (Å²) in [5, 5.41) is 1.82. The van der Waals surface area contributed by atoms with Crippen molar-refractivity contribution in [3.63, 3.8) is 0 Å². The number of thioether (sulfide) groups is 4. The molecular weight excluding hydrogens is 262 g/mol. The van der Waals surface area contributed by atoms with E-state index >= 15 is 0 Å². The lowest BCUT2D eigenvalue weighted by Crippen LogP contribution is -2.01. The highest BCUT2D eigenvalue weighted by molar-refractivity contribution is 8.37. The number of pyridine rings is 1. The van der Waals surface area contributed by atoms with Gasteiger partial charge in [-0.05, 0) is 17.7 Å². The van der Waals surface area contributed by atoms with Crippen molar-refractivity contribution in [1.29, 1.82) is 0 Å². The zero-order chi connectivity index (χ0) is 10.1. The Bertz CT molecular complexity index is 390. The lowest BCUT2D eigenvalue weighted by molar-refractivity contribution is 1.10. The van der Waals surface area contributed by atoms with E-state index < -0.39 is 0 Å². The molecule has 1 aromatic rings. The molecule has 2 aliphatic rings. The van der Waals surface area contributed by atoms with E-state index in [-0.39, 0.29) is 0 Å². The van der Waals surface area contributed by atoms with Gasteiger partial charge in [0.15, 0.2) is 0 Å². The fourth-order valence-corrected chi connectivity index (χ4v) is 7.93. The molecular formula is C10H9NS4. The molecule has 1 unspecified atom stereocenters. The average Bonchev–Trinajstić information content (AvgIpc) is 2.77. The van der Waals surface area contributed by atoms with Gasteiger partial charge in [0, 0.05) is 28.5 Å². The number of nitrogens with zero attached hydrogens (tertiary/aromatic N) is 1. The molecule has 1 aromatic heterocycles. The van der Waals surface area contributed by atoms with Gasteiger partial charge >= 0.3 is 0 Å². The van der Waals surface area contributed by atoms with Gasteiger partial charge in [0.05, 0.1) is 8.47 Å². The molecule has 0 saturated heterocycles. The van der Waals surface area contributed by atoms with Crippen LogP contribution in [0.2, 0.25) is 0 Å². The Morgan fingerprint density at radius 1 is 1.07 bits per heavy atom. The summed E-state index contributed by atoms with van der Waals surface area (Å²) in [6.45, 7) is 0. The van der Waals surface area contributed by atoms with Gasteiger partial charge in [-0.2, -0.15) is 0 Å². The highest BCUT2D eigenvalue weighted by Gasteiger charge is 2.27. The highest BCUT2D eigenvalue weighted by Crippen LogP contribution is 2.58. The molecule has 3 rings (SSSR count). The maximum absolute atomic E-state index is 4.07. The lowest BCUT2D eigenvalue weighted by atomic mass is 10.2. The van der Waals surface area contributed by atoms with E-state index in [1.165, 1.54) is 20.6 Å². The molecule has 15 heavy (non-hydrogen) atoms. The van der Waals surface area contributed by atoms with Crippen molar-refractivity contribution in [2.45, 2.75) is 5.25 Å². The number of hydrogen-bond donors (Lipinski definition) is 0. The monoisotopic (exact) mass is 271 g/mol. The third-order valence-corrected chi connectivity index (χ3v) is 8.30. The SMILES string of the molecule is c1cc(C2CSC3=C(SCS3)S2)ccn1. The molecule has 3 heterocycles. The maximum Gasteiger partial charge on any atom is 0.0617 e. The summed E-state index contributed by atoms with van der Waals surface area (Å²) in [6, 6.07) is 4.27. The Morgan fingerprint density at radius 2 is 1.87 bits per heavy atom. The van der Waals surface area contributed by atoms with E-state index in [0.717, 1.165) is 0 Å². The van der Waals surface area contributed by atoms with E-state index in [2.05, 4.69) is 17.1 Å². The quantitative estimate of drug-likeness (QED) is 0.758. The molecule has 0 aromatic carbocycles. The molecule has 0 fully saturated rings. The standard InChI is InChI=1S/C10H9NS4/c1-3-11-4-2-7(1)8-5-12-9-10(15-8)14-6-13-9/h1-4,8H,5-6H2. The summed E-state index contributed by atoms with van der Waals surface area (Å²) in [6.07, 6.45) is 3.78. The highest BCUT2D eigenvalue weighted by atomic mass is 32.3. The predicted molar refractivity (Wildman–Crippen MR) is 74.1 cm³/mol. The fourth-order valence-electron chi connectivity index (χ4n) is 1.49. The number of hydrogen-bond acceptors (Lipinski definition) is 5. The molecule has 2 aliphatic heterocycles. The largest absolute Gasteiger partial charge is 0.265 e. The third kappa shape index (κ3) is 2.20. The minimum Gasteiger partial charge on any atom is -0.265 e. The van der Waals surface area contributed by atoms with Crippen LogP contribution >= 0.6 is 47.0 Å². The van der Waals surface area contributed by atoms with Crippen LogP contribution in [0.25, 0.3) is 0 Å². The van der Waals surface area contributed by atoms with Crippen molar-refractivity contribution in [3.05, 3.63) is 38.6 Å². The van der Waals surface area contributed by atoms with Crippen LogP contribution in [0.15, 0.2) is 33.0 Å². The number of rotatable bonds is 1. The second-order valence-electron chi connectivity index (χ2n) is 3.18. The smallest absolute Gasteiger partial charge is 0.0617 e. The Kier molecular flexibility index (Phi) is 3.24. The Balaban J connectivity index is 1.81. The van der Waals surface area contributed by atoms with Gasteiger partial charge in [-0.1, -0.05) is 0 Å². The molecule has 0 amide bonds. The van der Waals surface area contributed by atoms with E-state index in [1.807, 2.05) is 59.4 Å². The third-order valence-electron chi connectivity index (χ3n) is 2.24. The summed E-state index contributed by atoms with van der Waals surface area (Å²) in [4.78, 5) is 4.07. The van der Waals surface area contributed by atoms with Gasteiger partial charge in [-0.25, -0.2) is 0 Å². The molecule has 0 saturated carbocycles. The molecule has 0 radical (unpaired) electrons. The summed E-state index contributed by atoms with van der Waals surface area (Å²) in [7, 11) is 0. The summed E-state index contributed by atoms with van der Waals surface area (Å²) in [5.74, 6) is 1.20. The van der Waals surface area contributed by atoms with Gasteiger partial charge in [-0.15, -0.1) is 47.0 Å². The first-order chi connectivity index (χ1) is 7.43. The van der Waals surface area contributed by atoms with Gasteiger partial charge in [0.2, 0.25) is 0 Å². The molecule has 0 aliphatic carbocycles. The van der Waals surface area contributed by atoms with Crippen molar-refractivity contribution in [1.82, 2.24) is 4.98 Å². The minimum absolute atomic E-state index is 0.614. The maximum atomic E-state index is 4.07. The van der Waals surface area contributed by atoms with Crippen LogP contribution in [0.4, 0.5) is 0 Å². The van der Waals surface area contributed by atoms with Crippen molar-refractivity contribution in [2.24, 2.45) is 0 Å². The van der Waals surface area contributed by atoms with Crippen LogP contribution < -0.4 is 0 Å². The van der Waals surface area contributed by atoms with E-state index in [4.69, 9.17) is 0 Å². The first kappa shape index (κ1) is 10.4. The van der Waals surface area contributed by atoms with Gasteiger partial charge in [-0.3, -0.25) is 4.98 Å². The zero-order valence-corrected chi connectivity index (χ0v) is 11.1. The molecule has 78 valence electrons. The van der Waals surface area contributed by atoms with E-state index in [1.54, 1.807) is 4.24 Å². The predicted octanol–water partition coefficient (Wildman–Crippen LogP) is 4.17. The van der Waals surface area contributed by atoms with Gasteiger partial charge in [0.25, 0.3) is 0 Å².